The number of aromatic nitrogens is 1. The SMILES string of the molecule is COC(=O)CC1(CSCc2ncc(C(C)(C)C)o2)CC1. The molecule has 0 amide bonds. The second-order valence-corrected chi connectivity index (χ2v) is 7.60. The molecule has 1 fully saturated rings. The molecule has 0 atom stereocenters. The number of hydrogen-bond acceptors (Lipinski definition) is 5. The van der Waals surface area contributed by atoms with Crippen LogP contribution in [0.5, 0.6) is 0 Å². The Hall–Kier alpha value is -0.970. The third kappa shape index (κ3) is 4.01. The van der Waals surface area contributed by atoms with Gasteiger partial charge in [-0.25, -0.2) is 4.98 Å². The van der Waals surface area contributed by atoms with Gasteiger partial charge in [0, 0.05) is 5.41 Å². The van der Waals surface area contributed by atoms with Crippen LogP contribution >= 0.6 is 11.8 Å². The van der Waals surface area contributed by atoms with Crippen LogP contribution < -0.4 is 0 Å². The van der Waals surface area contributed by atoms with E-state index in [1.165, 1.54) is 7.11 Å². The van der Waals surface area contributed by atoms with Crippen LogP contribution in [0.4, 0.5) is 0 Å². The second kappa shape index (κ2) is 5.80. The van der Waals surface area contributed by atoms with Crippen LogP contribution in [0.1, 0.15) is 51.7 Å². The molecule has 20 heavy (non-hydrogen) atoms. The average molecular weight is 297 g/mol. The first kappa shape index (κ1) is 15.4. The summed E-state index contributed by atoms with van der Waals surface area (Å²) in [5, 5.41) is 0. The highest BCUT2D eigenvalue weighted by Crippen LogP contribution is 2.51. The van der Waals surface area contributed by atoms with Crippen molar-refractivity contribution >= 4 is 17.7 Å². The molecule has 0 aromatic carbocycles. The smallest absolute Gasteiger partial charge is 0.306 e. The van der Waals surface area contributed by atoms with Crippen molar-refractivity contribution in [1.29, 1.82) is 0 Å². The minimum Gasteiger partial charge on any atom is -0.469 e. The van der Waals surface area contributed by atoms with Crippen LogP contribution in [-0.4, -0.2) is 23.8 Å². The van der Waals surface area contributed by atoms with Crippen molar-refractivity contribution < 1.29 is 13.9 Å². The number of oxazole rings is 1. The molecule has 1 aromatic rings. The Kier molecular flexibility index (Phi) is 4.47. The number of thioether (sulfide) groups is 1. The van der Waals surface area contributed by atoms with Crippen LogP contribution in [-0.2, 0) is 20.7 Å². The van der Waals surface area contributed by atoms with E-state index in [9.17, 15) is 4.79 Å². The molecular formula is C15H23NO3S. The van der Waals surface area contributed by atoms with Gasteiger partial charge in [0.05, 0.1) is 25.5 Å². The summed E-state index contributed by atoms with van der Waals surface area (Å²) in [6, 6.07) is 0. The lowest BCUT2D eigenvalue weighted by Crippen LogP contribution is -2.13. The van der Waals surface area contributed by atoms with Gasteiger partial charge in [0.25, 0.3) is 0 Å². The Labute approximate surface area is 124 Å². The predicted octanol–water partition coefficient (Wildman–Crippen LogP) is 3.55. The first-order valence-electron chi connectivity index (χ1n) is 6.94. The fourth-order valence-corrected chi connectivity index (χ4v) is 3.24. The number of nitrogens with zero attached hydrogens (tertiary/aromatic N) is 1. The van der Waals surface area contributed by atoms with Gasteiger partial charge in [-0.05, 0) is 24.0 Å². The van der Waals surface area contributed by atoms with Crippen molar-refractivity contribution in [2.75, 3.05) is 12.9 Å². The van der Waals surface area contributed by atoms with Gasteiger partial charge < -0.3 is 9.15 Å². The van der Waals surface area contributed by atoms with Gasteiger partial charge in [0.2, 0.25) is 5.89 Å². The van der Waals surface area contributed by atoms with E-state index in [0.29, 0.717) is 6.42 Å². The van der Waals surface area contributed by atoms with Crippen LogP contribution in [0.3, 0.4) is 0 Å². The van der Waals surface area contributed by atoms with Crippen molar-refractivity contribution in [3.8, 4) is 0 Å². The van der Waals surface area contributed by atoms with Gasteiger partial charge in [0.15, 0.2) is 0 Å². The Bertz CT molecular complexity index is 472. The molecule has 0 saturated heterocycles. The maximum absolute atomic E-state index is 11.4. The zero-order valence-corrected chi connectivity index (χ0v) is 13.5. The van der Waals surface area contributed by atoms with Crippen molar-refractivity contribution in [1.82, 2.24) is 4.98 Å². The Morgan fingerprint density at radius 1 is 1.50 bits per heavy atom. The first-order valence-corrected chi connectivity index (χ1v) is 8.10. The zero-order chi connectivity index (χ0) is 14.8. The van der Waals surface area contributed by atoms with E-state index in [-0.39, 0.29) is 16.8 Å². The Morgan fingerprint density at radius 3 is 2.70 bits per heavy atom. The van der Waals surface area contributed by atoms with E-state index in [0.717, 1.165) is 36.0 Å². The maximum Gasteiger partial charge on any atom is 0.306 e. The summed E-state index contributed by atoms with van der Waals surface area (Å²) in [4.78, 5) is 15.7. The van der Waals surface area contributed by atoms with E-state index in [4.69, 9.17) is 9.15 Å². The third-order valence-electron chi connectivity index (χ3n) is 3.63. The van der Waals surface area contributed by atoms with Gasteiger partial charge in [-0.15, -0.1) is 0 Å². The van der Waals surface area contributed by atoms with E-state index in [1.54, 1.807) is 11.8 Å². The summed E-state index contributed by atoms with van der Waals surface area (Å²) in [5.74, 6) is 3.32. The van der Waals surface area contributed by atoms with Gasteiger partial charge in [-0.2, -0.15) is 11.8 Å². The lowest BCUT2D eigenvalue weighted by molar-refractivity contribution is -0.141. The second-order valence-electron chi connectivity index (χ2n) is 6.61. The van der Waals surface area contributed by atoms with Crippen molar-refractivity contribution in [2.24, 2.45) is 5.41 Å². The number of esters is 1. The molecular weight excluding hydrogens is 274 g/mol. The lowest BCUT2D eigenvalue weighted by Gasteiger charge is -2.13. The number of carbonyl (C=O) groups is 1. The number of ether oxygens (including phenoxy) is 1. The van der Waals surface area contributed by atoms with Crippen LogP contribution in [0.2, 0.25) is 0 Å². The number of hydrogen-bond donors (Lipinski definition) is 0. The minimum absolute atomic E-state index is 0.00147. The molecule has 112 valence electrons. The normalized spacial score (nSPS) is 17.0. The molecule has 1 saturated carbocycles. The molecule has 0 bridgehead atoms. The molecule has 0 spiro atoms. The standard InChI is InChI=1S/C15H23NO3S/c1-14(2,3)11-8-16-12(19-11)9-20-10-15(5-6-15)7-13(17)18-4/h8H,5-7,9-10H2,1-4H3. The van der Waals surface area contributed by atoms with Crippen LogP contribution in [0.15, 0.2) is 10.6 Å². The quantitative estimate of drug-likeness (QED) is 0.752. The number of rotatable bonds is 6. The van der Waals surface area contributed by atoms with Gasteiger partial charge in [0.1, 0.15) is 5.76 Å². The predicted molar refractivity (Wildman–Crippen MR) is 79.7 cm³/mol. The summed E-state index contributed by atoms with van der Waals surface area (Å²) in [6.45, 7) is 6.33. The molecule has 0 aliphatic heterocycles. The molecule has 1 aliphatic rings. The molecule has 0 radical (unpaired) electrons. The zero-order valence-electron chi connectivity index (χ0n) is 12.7. The molecule has 0 N–H and O–H groups in total. The highest BCUT2D eigenvalue weighted by Gasteiger charge is 2.44. The molecule has 5 heteroatoms. The summed E-state index contributed by atoms with van der Waals surface area (Å²) >= 11 is 1.79. The summed E-state index contributed by atoms with van der Waals surface area (Å²) in [5.41, 5.74) is 0.162. The highest BCUT2D eigenvalue weighted by atomic mass is 32.2. The van der Waals surface area contributed by atoms with E-state index in [1.807, 2.05) is 6.20 Å². The summed E-state index contributed by atoms with van der Waals surface area (Å²) in [6.07, 6.45) is 4.59. The Morgan fingerprint density at radius 2 is 2.20 bits per heavy atom. The molecule has 1 aliphatic carbocycles. The topological polar surface area (TPSA) is 52.3 Å². The monoisotopic (exact) mass is 297 g/mol. The number of methoxy groups -OCH3 is 1. The van der Waals surface area contributed by atoms with E-state index in [2.05, 4.69) is 25.8 Å². The average Bonchev–Trinajstić information content (AvgIpc) is 2.94. The van der Waals surface area contributed by atoms with Crippen molar-refractivity contribution in [3.63, 3.8) is 0 Å². The summed E-state index contributed by atoms with van der Waals surface area (Å²) in [7, 11) is 1.45. The minimum atomic E-state index is -0.103. The fraction of sp³-hybridized carbons (Fsp3) is 0.733. The van der Waals surface area contributed by atoms with Gasteiger partial charge >= 0.3 is 5.97 Å². The molecule has 0 unspecified atom stereocenters. The van der Waals surface area contributed by atoms with Gasteiger partial charge in [-0.3, -0.25) is 4.79 Å². The Balaban J connectivity index is 1.79. The lowest BCUT2D eigenvalue weighted by atomic mass is 9.94. The maximum atomic E-state index is 11.4. The highest BCUT2D eigenvalue weighted by molar-refractivity contribution is 7.98. The third-order valence-corrected chi connectivity index (χ3v) is 4.90. The largest absolute Gasteiger partial charge is 0.469 e. The van der Waals surface area contributed by atoms with E-state index >= 15 is 0 Å². The molecule has 4 nitrogen and oxygen atoms in total. The van der Waals surface area contributed by atoms with Gasteiger partial charge in [-0.1, -0.05) is 20.8 Å². The molecule has 1 heterocycles. The van der Waals surface area contributed by atoms with Crippen LogP contribution in [0, 0.1) is 5.41 Å². The van der Waals surface area contributed by atoms with Crippen molar-refractivity contribution in [2.45, 2.75) is 51.2 Å². The van der Waals surface area contributed by atoms with Crippen LogP contribution in [0.25, 0.3) is 0 Å². The van der Waals surface area contributed by atoms with E-state index < -0.39 is 0 Å². The van der Waals surface area contributed by atoms with Crippen molar-refractivity contribution in [3.05, 3.63) is 17.8 Å². The molecule has 2 rings (SSSR count). The summed E-state index contributed by atoms with van der Waals surface area (Å²) < 4.78 is 10.5. The number of carbonyl (C=O) groups excluding carboxylic acids is 1. The first-order chi connectivity index (χ1) is 9.35. The fourth-order valence-electron chi connectivity index (χ4n) is 2.01. The molecule has 1 aromatic heterocycles.